The van der Waals surface area contributed by atoms with Gasteiger partial charge in [-0.1, -0.05) is 0 Å². The number of hydrogen-bond donors (Lipinski definition) is 1. The van der Waals surface area contributed by atoms with E-state index >= 15 is 0 Å². The van der Waals surface area contributed by atoms with Crippen LogP contribution in [0.2, 0.25) is 0 Å². The van der Waals surface area contributed by atoms with Crippen LogP contribution < -0.4 is 5.32 Å². The average Bonchev–Trinajstić information content (AvgIpc) is 2.56. The van der Waals surface area contributed by atoms with Crippen LogP contribution in [0.5, 0.6) is 0 Å². The van der Waals surface area contributed by atoms with E-state index in [1.807, 2.05) is 0 Å². The van der Waals surface area contributed by atoms with Gasteiger partial charge in [0.1, 0.15) is 6.42 Å². The fourth-order valence-corrected chi connectivity index (χ4v) is 1.30. The third-order valence-corrected chi connectivity index (χ3v) is 2.05. The van der Waals surface area contributed by atoms with Gasteiger partial charge in [0.2, 0.25) is 11.8 Å². The molecule has 4 heteroatoms. The maximum absolute atomic E-state index is 11.3. The average molecular weight is 170 g/mol. The van der Waals surface area contributed by atoms with Gasteiger partial charge >= 0.3 is 0 Å². The first kappa shape index (κ1) is 9.03. The predicted molar refractivity (Wildman–Crippen MR) is 44.5 cm³/mol. The topological polar surface area (TPSA) is 49.4 Å². The van der Waals surface area contributed by atoms with Gasteiger partial charge in [-0.05, 0) is 12.8 Å². The second-order valence-corrected chi connectivity index (χ2v) is 2.94. The Balaban J connectivity index is 2.32. The highest BCUT2D eigenvalue weighted by molar-refractivity contribution is 5.96. The van der Waals surface area contributed by atoms with Gasteiger partial charge in [0.15, 0.2) is 0 Å². The molecule has 0 aromatic heterocycles. The Morgan fingerprint density at radius 1 is 1.33 bits per heavy atom. The summed E-state index contributed by atoms with van der Waals surface area (Å²) >= 11 is 0. The summed E-state index contributed by atoms with van der Waals surface area (Å²) in [5.74, 6) is -0.251. The molecule has 1 aliphatic rings. The molecule has 1 fully saturated rings. The van der Waals surface area contributed by atoms with E-state index in [4.69, 9.17) is 0 Å². The van der Waals surface area contributed by atoms with E-state index in [0.717, 1.165) is 25.9 Å². The molecule has 2 amide bonds. The summed E-state index contributed by atoms with van der Waals surface area (Å²) in [5.41, 5.74) is 0. The van der Waals surface area contributed by atoms with Crippen LogP contribution in [0.4, 0.5) is 0 Å². The molecule has 0 aromatic carbocycles. The van der Waals surface area contributed by atoms with Gasteiger partial charge in [-0.3, -0.25) is 9.59 Å². The number of amides is 2. The van der Waals surface area contributed by atoms with Gasteiger partial charge in [0.05, 0.1) is 0 Å². The molecule has 0 aromatic rings. The number of carbonyl (C=O) groups is 2. The molecule has 0 radical (unpaired) electrons. The Morgan fingerprint density at radius 2 is 1.92 bits per heavy atom. The minimum atomic E-state index is -0.202. The molecule has 1 rings (SSSR count). The normalized spacial score (nSPS) is 16.2. The van der Waals surface area contributed by atoms with Gasteiger partial charge in [0.25, 0.3) is 0 Å². The summed E-state index contributed by atoms with van der Waals surface area (Å²) in [7, 11) is 1.54. The lowest BCUT2D eigenvalue weighted by molar-refractivity contribution is -0.135. The quantitative estimate of drug-likeness (QED) is 0.581. The minimum Gasteiger partial charge on any atom is -0.359 e. The van der Waals surface area contributed by atoms with Crippen molar-refractivity contribution in [2.75, 3.05) is 20.1 Å². The van der Waals surface area contributed by atoms with Crippen molar-refractivity contribution in [3.63, 3.8) is 0 Å². The molecule has 0 aliphatic carbocycles. The lowest BCUT2D eigenvalue weighted by Crippen LogP contribution is -2.32. The maximum Gasteiger partial charge on any atom is 0.232 e. The highest BCUT2D eigenvalue weighted by atomic mass is 16.2. The first-order chi connectivity index (χ1) is 5.74. The second kappa shape index (κ2) is 4.09. The zero-order chi connectivity index (χ0) is 8.97. The van der Waals surface area contributed by atoms with Crippen LogP contribution in [0.3, 0.4) is 0 Å². The monoisotopic (exact) mass is 170 g/mol. The molecule has 1 heterocycles. The maximum atomic E-state index is 11.3. The first-order valence-corrected chi connectivity index (χ1v) is 4.22. The lowest BCUT2D eigenvalue weighted by Gasteiger charge is -2.13. The Kier molecular flexibility index (Phi) is 3.08. The van der Waals surface area contributed by atoms with Crippen LogP contribution in [0.1, 0.15) is 19.3 Å². The number of likely N-dealkylation sites (tertiary alicyclic amines) is 1. The molecule has 0 unspecified atom stereocenters. The van der Waals surface area contributed by atoms with Crippen molar-refractivity contribution < 1.29 is 9.59 Å². The molecule has 0 atom stereocenters. The molecular weight excluding hydrogens is 156 g/mol. The van der Waals surface area contributed by atoms with E-state index in [-0.39, 0.29) is 18.2 Å². The predicted octanol–water partition coefficient (Wildman–Crippen LogP) is -0.255. The van der Waals surface area contributed by atoms with Gasteiger partial charge < -0.3 is 10.2 Å². The van der Waals surface area contributed by atoms with Crippen LogP contribution in [0.15, 0.2) is 0 Å². The van der Waals surface area contributed by atoms with Gasteiger partial charge in [-0.25, -0.2) is 0 Å². The number of hydrogen-bond acceptors (Lipinski definition) is 2. The van der Waals surface area contributed by atoms with Crippen LogP contribution in [0, 0.1) is 0 Å². The molecular formula is C8H14N2O2. The van der Waals surface area contributed by atoms with Gasteiger partial charge in [-0.2, -0.15) is 0 Å². The van der Waals surface area contributed by atoms with E-state index in [0.29, 0.717) is 0 Å². The van der Waals surface area contributed by atoms with E-state index in [1.54, 1.807) is 11.9 Å². The Labute approximate surface area is 71.9 Å². The van der Waals surface area contributed by atoms with Crippen LogP contribution >= 0.6 is 0 Å². The largest absolute Gasteiger partial charge is 0.359 e. The summed E-state index contributed by atoms with van der Waals surface area (Å²) in [5, 5.41) is 2.43. The Hall–Kier alpha value is -1.06. The van der Waals surface area contributed by atoms with Crippen molar-refractivity contribution in [1.29, 1.82) is 0 Å². The third-order valence-electron chi connectivity index (χ3n) is 2.05. The molecule has 0 spiro atoms. The van der Waals surface area contributed by atoms with Crippen LogP contribution in [0.25, 0.3) is 0 Å². The van der Waals surface area contributed by atoms with Gasteiger partial charge in [0, 0.05) is 20.1 Å². The Bertz CT molecular complexity index is 185. The standard InChI is InChI=1S/C8H14N2O2/c1-9-7(11)6-8(12)10-4-2-3-5-10/h2-6H2,1H3,(H,9,11). The fourth-order valence-electron chi connectivity index (χ4n) is 1.30. The second-order valence-electron chi connectivity index (χ2n) is 2.94. The highest BCUT2D eigenvalue weighted by Gasteiger charge is 2.19. The summed E-state index contributed by atoms with van der Waals surface area (Å²) in [6.07, 6.45) is 2.13. The third kappa shape index (κ3) is 2.22. The summed E-state index contributed by atoms with van der Waals surface area (Å²) in [6.45, 7) is 1.63. The van der Waals surface area contributed by atoms with Crippen molar-refractivity contribution in [2.45, 2.75) is 19.3 Å². The molecule has 0 bridgehead atoms. The van der Waals surface area contributed by atoms with Gasteiger partial charge in [-0.15, -0.1) is 0 Å². The number of rotatable bonds is 2. The molecule has 0 saturated carbocycles. The smallest absolute Gasteiger partial charge is 0.232 e. The summed E-state index contributed by atoms with van der Waals surface area (Å²) in [6, 6.07) is 0. The number of carbonyl (C=O) groups excluding carboxylic acids is 2. The number of nitrogens with zero attached hydrogens (tertiary/aromatic N) is 1. The van der Waals surface area contributed by atoms with Crippen molar-refractivity contribution in [1.82, 2.24) is 10.2 Å². The van der Waals surface area contributed by atoms with E-state index < -0.39 is 0 Å². The molecule has 12 heavy (non-hydrogen) atoms. The fraction of sp³-hybridized carbons (Fsp3) is 0.750. The van der Waals surface area contributed by atoms with E-state index in [9.17, 15) is 9.59 Å². The lowest BCUT2D eigenvalue weighted by atomic mass is 10.3. The SMILES string of the molecule is CNC(=O)CC(=O)N1CCCC1. The zero-order valence-electron chi connectivity index (χ0n) is 7.30. The molecule has 1 aliphatic heterocycles. The van der Waals surface area contributed by atoms with Crippen molar-refractivity contribution >= 4 is 11.8 Å². The molecule has 68 valence electrons. The first-order valence-electron chi connectivity index (χ1n) is 4.22. The summed E-state index contributed by atoms with van der Waals surface area (Å²) in [4.78, 5) is 23.8. The molecule has 1 saturated heterocycles. The highest BCUT2D eigenvalue weighted by Crippen LogP contribution is 2.08. The molecule has 1 N–H and O–H groups in total. The zero-order valence-corrected chi connectivity index (χ0v) is 7.30. The summed E-state index contributed by atoms with van der Waals surface area (Å²) < 4.78 is 0. The van der Waals surface area contributed by atoms with E-state index in [1.165, 1.54) is 0 Å². The number of nitrogens with one attached hydrogen (secondary N) is 1. The van der Waals surface area contributed by atoms with Crippen molar-refractivity contribution in [3.05, 3.63) is 0 Å². The minimum absolute atomic E-state index is 0.00347. The van der Waals surface area contributed by atoms with E-state index in [2.05, 4.69) is 5.32 Å². The van der Waals surface area contributed by atoms with Crippen LogP contribution in [-0.4, -0.2) is 36.9 Å². The Morgan fingerprint density at radius 3 is 2.42 bits per heavy atom. The van der Waals surface area contributed by atoms with Crippen molar-refractivity contribution in [3.8, 4) is 0 Å². The molecule has 4 nitrogen and oxygen atoms in total. The van der Waals surface area contributed by atoms with Crippen molar-refractivity contribution in [2.24, 2.45) is 0 Å². The van der Waals surface area contributed by atoms with Crippen LogP contribution in [-0.2, 0) is 9.59 Å².